The van der Waals surface area contributed by atoms with Crippen molar-refractivity contribution < 1.29 is 24.1 Å². The summed E-state index contributed by atoms with van der Waals surface area (Å²) in [6, 6.07) is 15.8. The number of ether oxygens (including phenoxy) is 4. The molecule has 0 spiro atoms. The van der Waals surface area contributed by atoms with Crippen LogP contribution in [-0.4, -0.2) is 63.7 Å². The molecule has 2 aromatic rings. The fraction of sp³-hybridized carbons (Fsp3) is 0.455. The quantitative estimate of drug-likeness (QED) is 0.568. The van der Waals surface area contributed by atoms with E-state index < -0.39 is 6.10 Å². The van der Waals surface area contributed by atoms with Crippen molar-refractivity contribution in [2.24, 2.45) is 0 Å². The highest BCUT2D eigenvalue weighted by Crippen LogP contribution is 2.28. The van der Waals surface area contributed by atoms with Gasteiger partial charge in [0.05, 0.1) is 40.1 Å². The smallest absolute Gasteiger partial charge is 0.161 e. The Kier molecular flexibility index (Phi) is 9.79. The Morgan fingerprint density at radius 1 is 0.929 bits per heavy atom. The van der Waals surface area contributed by atoms with E-state index in [9.17, 15) is 5.11 Å². The van der Waals surface area contributed by atoms with E-state index in [1.54, 1.807) is 21.3 Å². The number of hydrogen-bond acceptors (Lipinski definition) is 6. The molecule has 6 nitrogen and oxygen atoms in total. The molecule has 0 aliphatic heterocycles. The molecule has 0 radical (unpaired) electrons. The van der Waals surface area contributed by atoms with Crippen LogP contribution < -0.4 is 9.47 Å². The second-order valence-electron chi connectivity index (χ2n) is 6.57. The molecule has 2 rings (SSSR count). The second kappa shape index (κ2) is 12.4. The Morgan fingerprint density at radius 3 is 2.36 bits per heavy atom. The van der Waals surface area contributed by atoms with Gasteiger partial charge in [0.25, 0.3) is 0 Å². The van der Waals surface area contributed by atoms with Gasteiger partial charge in [-0.1, -0.05) is 36.4 Å². The zero-order valence-electron chi connectivity index (χ0n) is 17.0. The highest BCUT2D eigenvalue weighted by Gasteiger charge is 2.14. The number of hydrogen-bond donors (Lipinski definition) is 1. The first-order valence-corrected chi connectivity index (χ1v) is 9.38. The molecule has 1 atom stereocenters. The molecule has 0 amide bonds. The van der Waals surface area contributed by atoms with Crippen molar-refractivity contribution in [3.63, 3.8) is 0 Å². The Balaban J connectivity index is 1.89. The molecule has 2 aromatic carbocycles. The zero-order chi connectivity index (χ0) is 20.2. The van der Waals surface area contributed by atoms with Gasteiger partial charge in [0, 0.05) is 26.7 Å². The van der Waals surface area contributed by atoms with E-state index in [1.807, 2.05) is 48.5 Å². The normalized spacial score (nSPS) is 12.2. The maximum Gasteiger partial charge on any atom is 0.161 e. The van der Waals surface area contributed by atoms with Gasteiger partial charge >= 0.3 is 0 Å². The van der Waals surface area contributed by atoms with Crippen LogP contribution >= 0.6 is 0 Å². The number of aliphatic hydroxyl groups is 1. The summed E-state index contributed by atoms with van der Waals surface area (Å²) in [5, 5.41) is 10.4. The summed E-state index contributed by atoms with van der Waals surface area (Å²) < 4.78 is 21.5. The third-order valence-electron chi connectivity index (χ3n) is 4.36. The summed E-state index contributed by atoms with van der Waals surface area (Å²) in [6.07, 6.45) is -0.583. The van der Waals surface area contributed by atoms with Crippen LogP contribution in [0.15, 0.2) is 48.5 Å². The molecule has 0 aromatic heterocycles. The van der Waals surface area contributed by atoms with Crippen molar-refractivity contribution in [3.05, 3.63) is 59.7 Å². The SMILES string of the molecule is COCCN(Cc1ccc(OC)c(OC)c1)CC(O)COCc1ccccc1. The first kappa shape index (κ1) is 22.2. The van der Waals surface area contributed by atoms with E-state index in [-0.39, 0.29) is 6.61 Å². The Morgan fingerprint density at radius 2 is 1.68 bits per heavy atom. The Hall–Kier alpha value is -2.12. The molecule has 0 saturated carbocycles. The van der Waals surface area contributed by atoms with Crippen molar-refractivity contribution >= 4 is 0 Å². The van der Waals surface area contributed by atoms with Gasteiger partial charge in [-0.3, -0.25) is 4.90 Å². The molecule has 0 heterocycles. The van der Waals surface area contributed by atoms with Crippen molar-refractivity contribution in [1.82, 2.24) is 4.90 Å². The summed E-state index contributed by atoms with van der Waals surface area (Å²) in [5.41, 5.74) is 2.17. The van der Waals surface area contributed by atoms with Gasteiger partial charge in [-0.2, -0.15) is 0 Å². The lowest BCUT2D eigenvalue weighted by molar-refractivity contribution is 0.00479. The van der Waals surface area contributed by atoms with Gasteiger partial charge in [-0.15, -0.1) is 0 Å². The average Bonchev–Trinajstić information content (AvgIpc) is 2.72. The fourth-order valence-electron chi connectivity index (χ4n) is 2.93. The molecule has 0 bridgehead atoms. The molecule has 1 unspecified atom stereocenters. The molecule has 154 valence electrons. The van der Waals surface area contributed by atoms with Crippen molar-refractivity contribution in [2.75, 3.05) is 47.6 Å². The highest BCUT2D eigenvalue weighted by molar-refractivity contribution is 5.42. The molecule has 0 aliphatic rings. The van der Waals surface area contributed by atoms with E-state index in [0.717, 1.165) is 11.1 Å². The van der Waals surface area contributed by atoms with Crippen molar-refractivity contribution in [1.29, 1.82) is 0 Å². The monoisotopic (exact) mass is 389 g/mol. The summed E-state index contributed by atoms with van der Waals surface area (Å²) in [5.74, 6) is 1.39. The minimum Gasteiger partial charge on any atom is -0.493 e. The number of benzene rings is 2. The third-order valence-corrected chi connectivity index (χ3v) is 4.36. The number of aliphatic hydroxyl groups excluding tert-OH is 1. The minimum absolute atomic E-state index is 0.282. The van der Waals surface area contributed by atoms with Crippen LogP contribution in [0.3, 0.4) is 0 Å². The lowest BCUT2D eigenvalue weighted by Gasteiger charge is -2.25. The highest BCUT2D eigenvalue weighted by atomic mass is 16.5. The number of rotatable bonds is 13. The predicted molar refractivity (Wildman–Crippen MR) is 109 cm³/mol. The van der Waals surface area contributed by atoms with Gasteiger partial charge in [-0.25, -0.2) is 0 Å². The van der Waals surface area contributed by atoms with Crippen molar-refractivity contribution in [3.8, 4) is 11.5 Å². The van der Waals surface area contributed by atoms with Gasteiger partial charge in [-0.05, 0) is 23.3 Å². The Bertz CT molecular complexity index is 680. The molecule has 0 aliphatic carbocycles. The van der Waals surface area contributed by atoms with Crippen LogP contribution in [0.1, 0.15) is 11.1 Å². The summed E-state index contributed by atoms with van der Waals surface area (Å²) in [4.78, 5) is 2.14. The van der Waals surface area contributed by atoms with Crippen LogP contribution in [0.5, 0.6) is 11.5 Å². The molecule has 6 heteroatoms. The predicted octanol–water partition coefficient (Wildman–Crippen LogP) is 2.73. The standard InChI is InChI=1S/C22H31NO5/c1-25-12-11-23(14-19-9-10-21(26-2)22(13-19)27-3)15-20(24)17-28-16-18-7-5-4-6-8-18/h4-10,13,20,24H,11-12,14-17H2,1-3H3. The molecule has 0 fully saturated rings. The first-order chi connectivity index (χ1) is 13.7. The summed E-state index contributed by atoms with van der Waals surface area (Å²) >= 11 is 0. The molecular weight excluding hydrogens is 358 g/mol. The van der Waals surface area contributed by atoms with E-state index in [2.05, 4.69) is 4.90 Å². The molecule has 0 saturated heterocycles. The van der Waals surface area contributed by atoms with E-state index in [1.165, 1.54) is 0 Å². The third kappa shape index (κ3) is 7.48. The maximum absolute atomic E-state index is 10.4. The van der Waals surface area contributed by atoms with Crippen molar-refractivity contribution in [2.45, 2.75) is 19.3 Å². The van der Waals surface area contributed by atoms with Crippen LogP contribution in [0, 0.1) is 0 Å². The fourth-order valence-corrected chi connectivity index (χ4v) is 2.93. The van der Waals surface area contributed by atoms with Crippen LogP contribution in [-0.2, 0) is 22.6 Å². The number of methoxy groups -OCH3 is 3. The largest absolute Gasteiger partial charge is 0.493 e. The van der Waals surface area contributed by atoms with Gasteiger partial charge in [0.15, 0.2) is 11.5 Å². The number of nitrogens with zero attached hydrogens (tertiary/aromatic N) is 1. The topological polar surface area (TPSA) is 60.4 Å². The zero-order valence-corrected chi connectivity index (χ0v) is 17.0. The van der Waals surface area contributed by atoms with E-state index >= 15 is 0 Å². The van der Waals surface area contributed by atoms with E-state index in [0.29, 0.717) is 44.3 Å². The van der Waals surface area contributed by atoms with Crippen LogP contribution in [0.25, 0.3) is 0 Å². The van der Waals surface area contributed by atoms with E-state index in [4.69, 9.17) is 18.9 Å². The Labute approximate surface area is 167 Å². The first-order valence-electron chi connectivity index (χ1n) is 9.38. The van der Waals surface area contributed by atoms with Crippen LogP contribution in [0.2, 0.25) is 0 Å². The molecule has 1 N–H and O–H groups in total. The second-order valence-corrected chi connectivity index (χ2v) is 6.57. The molecule has 28 heavy (non-hydrogen) atoms. The van der Waals surface area contributed by atoms with Gasteiger partial charge in [0.1, 0.15) is 0 Å². The lowest BCUT2D eigenvalue weighted by Crippen LogP contribution is -2.36. The van der Waals surface area contributed by atoms with Crippen LogP contribution in [0.4, 0.5) is 0 Å². The van der Waals surface area contributed by atoms with Gasteiger partial charge < -0.3 is 24.1 Å². The van der Waals surface area contributed by atoms with Gasteiger partial charge in [0.2, 0.25) is 0 Å². The maximum atomic E-state index is 10.4. The summed E-state index contributed by atoms with van der Waals surface area (Å²) in [6.45, 7) is 3.23. The lowest BCUT2D eigenvalue weighted by atomic mass is 10.1. The minimum atomic E-state index is -0.583. The average molecular weight is 389 g/mol. The summed E-state index contributed by atoms with van der Waals surface area (Å²) in [7, 11) is 4.92. The molecular formula is C22H31NO5.